The summed E-state index contributed by atoms with van der Waals surface area (Å²) in [7, 11) is 2.09. The molecule has 1 aliphatic heterocycles. The molecule has 2 heterocycles. The zero-order valence-electron chi connectivity index (χ0n) is 16.8. The largest absolute Gasteiger partial charge is 0.368 e. The molecular weight excluding hydrogens is 392 g/mol. The van der Waals surface area contributed by atoms with Crippen LogP contribution in [0.5, 0.6) is 0 Å². The molecule has 0 radical (unpaired) electrons. The predicted molar refractivity (Wildman–Crippen MR) is 114 cm³/mol. The summed E-state index contributed by atoms with van der Waals surface area (Å²) in [6, 6.07) is 5.50. The van der Waals surface area contributed by atoms with Crippen molar-refractivity contribution in [2.24, 2.45) is 5.73 Å². The lowest BCUT2D eigenvalue weighted by atomic mass is 10.1. The van der Waals surface area contributed by atoms with E-state index in [0.29, 0.717) is 23.4 Å². The van der Waals surface area contributed by atoms with Crippen LogP contribution in [0.1, 0.15) is 40.4 Å². The SMILES string of the molecule is CCc1nc(C(N)=O)c(Nc2ccc(N3CCN(C)CC3)c(C(C)=O)c2)nc1Cl. The molecule has 1 aromatic carbocycles. The van der Waals surface area contributed by atoms with Gasteiger partial charge in [0.25, 0.3) is 5.91 Å². The molecule has 154 valence electrons. The number of amides is 1. The highest BCUT2D eigenvalue weighted by Gasteiger charge is 2.20. The van der Waals surface area contributed by atoms with Crippen LogP contribution in [-0.2, 0) is 6.42 Å². The summed E-state index contributed by atoms with van der Waals surface area (Å²) in [6.45, 7) is 7.00. The Morgan fingerprint density at radius 1 is 1.21 bits per heavy atom. The predicted octanol–water partition coefficient (Wildman–Crippen LogP) is 2.49. The molecule has 1 aromatic heterocycles. The molecule has 8 nitrogen and oxygen atoms in total. The van der Waals surface area contributed by atoms with Crippen LogP contribution in [0, 0.1) is 0 Å². The first-order chi connectivity index (χ1) is 13.8. The number of carbonyl (C=O) groups is 2. The van der Waals surface area contributed by atoms with E-state index in [9.17, 15) is 9.59 Å². The highest BCUT2D eigenvalue weighted by Crippen LogP contribution is 2.28. The van der Waals surface area contributed by atoms with Crippen LogP contribution in [0.3, 0.4) is 0 Å². The fraction of sp³-hybridized carbons (Fsp3) is 0.400. The molecule has 0 aliphatic carbocycles. The minimum atomic E-state index is -0.702. The molecule has 0 atom stereocenters. The zero-order valence-corrected chi connectivity index (χ0v) is 17.6. The minimum absolute atomic E-state index is 0.0127. The number of nitrogens with one attached hydrogen (secondary N) is 1. The number of nitrogens with zero attached hydrogens (tertiary/aromatic N) is 4. The molecule has 2 aromatic rings. The zero-order chi connectivity index (χ0) is 21.1. The fourth-order valence-electron chi connectivity index (χ4n) is 3.29. The number of benzene rings is 1. The van der Waals surface area contributed by atoms with Crippen molar-refractivity contribution in [3.05, 3.63) is 40.3 Å². The average Bonchev–Trinajstić information content (AvgIpc) is 2.68. The quantitative estimate of drug-likeness (QED) is 0.697. The van der Waals surface area contributed by atoms with E-state index in [1.165, 1.54) is 0 Å². The van der Waals surface area contributed by atoms with Gasteiger partial charge in [-0.05, 0) is 38.6 Å². The molecule has 9 heteroatoms. The van der Waals surface area contributed by atoms with E-state index in [-0.39, 0.29) is 22.4 Å². The first-order valence-electron chi connectivity index (χ1n) is 9.51. The number of piperazine rings is 1. The van der Waals surface area contributed by atoms with E-state index < -0.39 is 5.91 Å². The Morgan fingerprint density at radius 3 is 2.48 bits per heavy atom. The number of ketones is 1. The third-order valence-electron chi connectivity index (χ3n) is 4.97. The van der Waals surface area contributed by atoms with E-state index in [4.69, 9.17) is 17.3 Å². The number of anilines is 3. The van der Waals surface area contributed by atoms with Gasteiger partial charge in [-0.15, -0.1) is 0 Å². The molecule has 1 fully saturated rings. The summed E-state index contributed by atoms with van der Waals surface area (Å²) in [5.74, 6) is -0.572. The fourth-order valence-corrected chi connectivity index (χ4v) is 3.55. The van der Waals surface area contributed by atoms with Crippen LogP contribution >= 0.6 is 11.6 Å². The second-order valence-electron chi connectivity index (χ2n) is 7.08. The van der Waals surface area contributed by atoms with Crippen molar-refractivity contribution in [2.45, 2.75) is 20.3 Å². The van der Waals surface area contributed by atoms with Gasteiger partial charge in [-0.1, -0.05) is 18.5 Å². The maximum absolute atomic E-state index is 12.3. The molecule has 3 N–H and O–H groups in total. The number of aryl methyl sites for hydroxylation is 1. The smallest absolute Gasteiger partial charge is 0.271 e. The van der Waals surface area contributed by atoms with Gasteiger partial charge in [0.1, 0.15) is 0 Å². The van der Waals surface area contributed by atoms with Crippen molar-refractivity contribution < 1.29 is 9.59 Å². The van der Waals surface area contributed by atoms with E-state index in [0.717, 1.165) is 31.9 Å². The van der Waals surface area contributed by atoms with Gasteiger partial charge in [-0.25, -0.2) is 9.97 Å². The van der Waals surface area contributed by atoms with Gasteiger partial charge in [-0.3, -0.25) is 9.59 Å². The highest BCUT2D eigenvalue weighted by molar-refractivity contribution is 6.30. The first kappa shape index (κ1) is 21.0. The van der Waals surface area contributed by atoms with Crippen LogP contribution in [-0.4, -0.2) is 59.8 Å². The maximum Gasteiger partial charge on any atom is 0.271 e. The van der Waals surface area contributed by atoms with Gasteiger partial charge in [0.15, 0.2) is 22.4 Å². The molecule has 0 spiro atoms. The lowest BCUT2D eigenvalue weighted by molar-refractivity contribution is 0.0992. The number of Topliss-reactive ketones (excluding diaryl/α,β-unsaturated/α-hetero) is 1. The summed E-state index contributed by atoms with van der Waals surface area (Å²) < 4.78 is 0. The third kappa shape index (κ3) is 4.65. The normalized spacial score (nSPS) is 14.7. The topological polar surface area (TPSA) is 104 Å². The monoisotopic (exact) mass is 416 g/mol. The highest BCUT2D eigenvalue weighted by atomic mass is 35.5. The Hall–Kier alpha value is -2.71. The number of likely N-dealkylation sites (N-methyl/N-ethyl adjacent to an activating group) is 1. The van der Waals surface area contributed by atoms with Gasteiger partial charge in [-0.2, -0.15) is 0 Å². The first-order valence-corrected chi connectivity index (χ1v) is 9.89. The van der Waals surface area contributed by atoms with Gasteiger partial charge >= 0.3 is 0 Å². The summed E-state index contributed by atoms with van der Waals surface area (Å²) in [6.07, 6.45) is 0.528. The lowest BCUT2D eigenvalue weighted by Crippen LogP contribution is -2.44. The molecule has 3 rings (SSSR count). The van der Waals surface area contributed by atoms with Gasteiger partial charge < -0.3 is 20.9 Å². The van der Waals surface area contributed by atoms with Crippen molar-refractivity contribution in [3.8, 4) is 0 Å². The molecule has 0 bridgehead atoms. The molecule has 1 aliphatic rings. The summed E-state index contributed by atoms with van der Waals surface area (Å²) >= 11 is 6.16. The second-order valence-corrected chi connectivity index (χ2v) is 7.44. The molecule has 0 unspecified atom stereocenters. The number of rotatable bonds is 6. The summed E-state index contributed by atoms with van der Waals surface area (Å²) in [5.41, 5.74) is 8.08. The van der Waals surface area contributed by atoms with E-state index >= 15 is 0 Å². The van der Waals surface area contributed by atoms with Gasteiger partial charge in [0.2, 0.25) is 0 Å². The summed E-state index contributed by atoms with van der Waals surface area (Å²) in [4.78, 5) is 37.1. The molecule has 29 heavy (non-hydrogen) atoms. The van der Waals surface area contributed by atoms with E-state index in [2.05, 4.69) is 32.1 Å². The van der Waals surface area contributed by atoms with Crippen LogP contribution in [0.15, 0.2) is 18.2 Å². The molecule has 1 amide bonds. The van der Waals surface area contributed by atoms with Crippen molar-refractivity contribution in [3.63, 3.8) is 0 Å². The minimum Gasteiger partial charge on any atom is -0.368 e. The Labute approximate surface area is 175 Å². The number of aromatic nitrogens is 2. The van der Waals surface area contributed by atoms with Gasteiger partial charge in [0.05, 0.1) is 5.69 Å². The number of primary amides is 1. The van der Waals surface area contributed by atoms with Crippen molar-refractivity contribution in [2.75, 3.05) is 43.4 Å². The Morgan fingerprint density at radius 2 is 1.90 bits per heavy atom. The summed E-state index contributed by atoms with van der Waals surface area (Å²) in [5, 5.41) is 3.25. The number of carbonyl (C=O) groups excluding carboxylic acids is 2. The van der Waals surface area contributed by atoms with Crippen molar-refractivity contribution >= 4 is 40.5 Å². The Balaban J connectivity index is 1.94. The van der Waals surface area contributed by atoms with Crippen molar-refractivity contribution in [1.82, 2.24) is 14.9 Å². The number of halogens is 1. The van der Waals surface area contributed by atoms with Crippen LogP contribution < -0.4 is 16.0 Å². The van der Waals surface area contributed by atoms with Crippen LogP contribution in [0.4, 0.5) is 17.2 Å². The average molecular weight is 417 g/mol. The maximum atomic E-state index is 12.3. The third-order valence-corrected chi connectivity index (χ3v) is 5.27. The number of hydrogen-bond donors (Lipinski definition) is 2. The van der Waals surface area contributed by atoms with Gasteiger partial charge in [0, 0.05) is 43.1 Å². The van der Waals surface area contributed by atoms with Crippen LogP contribution in [0.25, 0.3) is 0 Å². The Kier molecular flexibility index (Phi) is 6.34. The molecule has 1 saturated heterocycles. The molecular formula is C20H25ClN6O2. The number of nitrogens with two attached hydrogens (primary N) is 1. The lowest BCUT2D eigenvalue weighted by Gasteiger charge is -2.35. The van der Waals surface area contributed by atoms with Crippen LogP contribution in [0.2, 0.25) is 5.15 Å². The Bertz CT molecular complexity index is 941. The number of hydrogen-bond acceptors (Lipinski definition) is 7. The standard InChI is InChI=1S/C20H25ClN6O2/c1-4-15-18(21)25-20(17(24-15)19(22)29)23-13-5-6-16(14(11-13)12(2)28)27-9-7-26(3)8-10-27/h5-6,11H,4,7-10H2,1-3H3,(H2,22,29)(H,23,25). The van der Waals surface area contributed by atoms with E-state index in [1.807, 2.05) is 19.1 Å². The second kappa shape index (κ2) is 8.75. The van der Waals surface area contributed by atoms with E-state index in [1.54, 1.807) is 13.0 Å². The van der Waals surface area contributed by atoms with Crippen molar-refractivity contribution in [1.29, 1.82) is 0 Å². The molecule has 0 saturated carbocycles.